The largest absolute Gasteiger partial charge is 0.491 e. The predicted octanol–water partition coefficient (Wildman–Crippen LogP) is 2.44. The van der Waals surface area contributed by atoms with Crippen LogP contribution in [0.4, 0.5) is 15.2 Å². The van der Waals surface area contributed by atoms with Gasteiger partial charge in [0.15, 0.2) is 16.7 Å². The van der Waals surface area contributed by atoms with Gasteiger partial charge in [-0.15, -0.1) is 11.3 Å². The number of thiazole rings is 1. The molecule has 2 aromatic rings. The van der Waals surface area contributed by atoms with Crippen LogP contribution in [0.3, 0.4) is 0 Å². The van der Waals surface area contributed by atoms with Crippen molar-refractivity contribution >= 4 is 28.1 Å². The molecule has 0 radical (unpaired) electrons. The first-order valence-electron chi connectivity index (χ1n) is 6.00. The fraction of sp³-hybridized carbons (Fsp3) is 0.231. The highest BCUT2D eigenvalue weighted by molar-refractivity contribution is 7.13. The van der Waals surface area contributed by atoms with E-state index in [1.54, 1.807) is 18.4 Å². The van der Waals surface area contributed by atoms with E-state index >= 15 is 0 Å². The number of anilines is 2. The molecule has 20 heavy (non-hydrogen) atoms. The number of nitrogens with two attached hydrogens (primary N) is 1. The molecule has 0 saturated heterocycles. The number of hydrogen-bond acceptors (Lipinski definition) is 5. The summed E-state index contributed by atoms with van der Waals surface area (Å²) in [6.07, 6.45) is 0.0997. The number of benzene rings is 1. The molecule has 0 bridgehead atoms. The van der Waals surface area contributed by atoms with Crippen molar-refractivity contribution in [2.24, 2.45) is 0 Å². The van der Waals surface area contributed by atoms with Crippen molar-refractivity contribution in [3.63, 3.8) is 0 Å². The Bertz CT molecular complexity index is 615. The Morgan fingerprint density at radius 2 is 2.35 bits per heavy atom. The zero-order chi connectivity index (χ0) is 14.5. The summed E-state index contributed by atoms with van der Waals surface area (Å²) < 4.78 is 18.7. The van der Waals surface area contributed by atoms with Crippen molar-refractivity contribution in [1.82, 2.24) is 4.98 Å². The normalized spacial score (nSPS) is 10.3. The van der Waals surface area contributed by atoms with Crippen LogP contribution >= 0.6 is 11.3 Å². The summed E-state index contributed by atoms with van der Waals surface area (Å²) in [4.78, 5) is 15.8. The highest BCUT2D eigenvalue weighted by atomic mass is 32.1. The van der Waals surface area contributed by atoms with Crippen molar-refractivity contribution in [2.45, 2.75) is 13.3 Å². The Morgan fingerprint density at radius 3 is 2.95 bits per heavy atom. The summed E-state index contributed by atoms with van der Waals surface area (Å²) in [5.41, 5.74) is 6.45. The molecule has 1 aromatic carbocycles. The molecule has 0 aliphatic heterocycles. The molecule has 1 heterocycles. The van der Waals surface area contributed by atoms with E-state index in [1.807, 2.05) is 0 Å². The highest BCUT2D eigenvalue weighted by Gasteiger charge is 2.09. The lowest BCUT2D eigenvalue weighted by Crippen LogP contribution is -2.14. The van der Waals surface area contributed by atoms with Crippen LogP contribution in [0.1, 0.15) is 12.6 Å². The minimum atomic E-state index is -0.512. The third-order valence-electron chi connectivity index (χ3n) is 2.43. The molecule has 0 saturated carbocycles. The lowest BCUT2D eigenvalue weighted by molar-refractivity contribution is -0.115. The highest BCUT2D eigenvalue weighted by Crippen LogP contribution is 2.21. The van der Waals surface area contributed by atoms with E-state index in [0.717, 1.165) is 0 Å². The van der Waals surface area contributed by atoms with Gasteiger partial charge in [-0.1, -0.05) is 0 Å². The molecule has 0 aliphatic rings. The third-order valence-corrected chi connectivity index (χ3v) is 3.15. The molecule has 0 spiro atoms. The van der Waals surface area contributed by atoms with Crippen molar-refractivity contribution in [3.8, 4) is 5.75 Å². The molecule has 1 aromatic heterocycles. The van der Waals surface area contributed by atoms with E-state index in [1.165, 1.54) is 23.5 Å². The minimum Gasteiger partial charge on any atom is -0.491 e. The van der Waals surface area contributed by atoms with Gasteiger partial charge in [-0.05, 0) is 19.1 Å². The van der Waals surface area contributed by atoms with Gasteiger partial charge in [-0.2, -0.15) is 0 Å². The van der Waals surface area contributed by atoms with Gasteiger partial charge < -0.3 is 15.8 Å². The van der Waals surface area contributed by atoms with Gasteiger partial charge in [0.1, 0.15) is 0 Å². The molecular formula is C13H14FN3O2S. The van der Waals surface area contributed by atoms with Gasteiger partial charge in [0.2, 0.25) is 5.91 Å². The number of nitrogens with one attached hydrogen (secondary N) is 1. The molecule has 2 rings (SSSR count). The first kappa shape index (κ1) is 14.3. The number of nitrogen functional groups attached to an aromatic ring is 1. The minimum absolute atomic E-state index is 0.0997. The lowest BCUT2D eigenvalue weighted by Gasteiger charge is -2.08. The molecule has 106 valence electrons. The van der Waals surface area contributed by atoms with E-state index in [2.05, 4.69) is 10.3 Å². The molecule has 0 atom stereocenters. The van der Waals surface area contributed by atoms with E-state index in [4.69, 9.17) is 10.5 Å². The predicted molar refractivity (Wildman–Crippen MR) is 76.4 cm³/mol. The Hall–Kier alpha value is -2.15. The average Bonchev–Trinajstić information content (AvgIpc) is 2.78. The maximum Gasteiger partial charge on any atom is 0.230 e. The maximum absolute atomic E-state index is 13.6. The van der Waals surface area contributed by atoms with Crippen LogP contribution in [-0.2, 0) is 11.2 Å². The second-order valence-corrected chi connectivity index (χ2v) is 4.87. The van der Waals surface area contributed by atoms with Gasteiger partial charge >= 0.3 is 0 Å². The standard InChI is InChI=1S/C13H14FN3O2S/c1-2-19-11-4-3-8(5-10(11)14)16-12(18)6-9-7-20-13(15)17-9/h3-5,7H,2,6H2,1H3,(H2,15,17)(H,16,18). The first-order valence-corrected chi connectivity index (χ1v) is 6.88. The molecule has 7 heteroatoms. The average molecular weight is 295 g/mol. The van der Waals surface area contributed by atoms with Crippen molar-refractivity contribution in [3.05, 3.63) is 35.1 Å². The molecule has 3 N–H and O–H groups in total. The van der Waals surface area contributed by atoms with Gasteiger partial charge in [-0.3, -0.25) is 4.79 Å². The Morgan fingerprint density at radius 1 is 1.55 bits per heavy atom. The summed E-state index contributed by atoms with van der Waals surface area (Å²) in [6, 6.07) is 4.29. The number of ether oxygens (including phenoxy) is 1. The third kappa shape index (κ3) is 3.67. The van der Waals surface area contributed by atoms with Crippen LogP contribution in [0.15, 0.2) is 23.6 Å². The number of nitrogens with zero attached hydrogens (tertiary/aromatic N) is 1. The lowest BCUT2D eigenvalue weighted by atomic mass is 10.2. The fourth-order valence-electron chi connectivity index (χ4n) is 1.62. The van der Waals surface area contributed by atoms with Crippen molar-refractivity contribution in [2.75, 3.05) is 17.7 Å². The summed E-state index contributed by atoms with van der Waals surface area (Å²) in [7, 11) is 0. The molecule has 0 aliphatic carbocycles. The van der Waals surface area contributed by atoms with Gasteiger partial charge in [0.25, 0.3) is 0 Å². The summed E-state index contributed by atoms with van der Waals surface area (Å²) in [5, 5.41) is 4.73. The van der Waals surface area contributed by atoms with Crippen LogP contribution in [0.25, 0.3) is 0 Å². The number of aromatic nitrogens is 1. The number of hydrogen-bond donors (Lipinski definition) is 2. The molecule has 0 fully saturated rings. The second-order valence-electron chi connectivity index (χ2n) is 3.98. The fourth-order valence-corrected chi connectivity index (χ4v) is 2.19. The zero-order valence-electron chi connectivity index (χ0n) is 10.9. The Labute approximate surface area is 119 Å². The number of rotatable bonds is 5. The monoisotopic (exact) mass is 295 g/mol. The SMILES string of the molecule is CCOc1ccc(NC(=O)Cc2csc(N)n2)cc1F. The number of carbonyl (C=O) groups excluding carboxylic acids is 1. The molecule has 5 nitrogen and oxygen atoms in total. The number of halogens is 1. The molecule has 1 amide bonds. The van der Waals surface area contributed by atoms with Crippen LogP contribution in [-0.4, -0.2) is 17.5 Å². The van der Waals surface area contributed by atoms with E-state index in [-0.39, 0.29) is 18.1 Å². The van der Waals surface area contributed by atoms with E-state index in [0.29, 0.717) is 23.1 Å². The van der Waals surface area contributed by atoms with Gasteiger partial charge in [0.05, 0.1) is 18.7 Å². The molecular weight excluding hydrogens is 281 g/mol. The Kier molecular flexibility index (Phi) is 4.52. The van der Waals surface area contributed by atoms with Crippen LogP contribution < -0.4 is 15.8 Å². The van der Waals surface area contributed by atoms with Crippen LogP contribution in [0.5, 0.6) is 5.75 Å². The summed E-state index contributed by atoms with van der Waals surface area (Å²) in [5.74, 6) is -0.626. The van der Waals surface area contributed by atoms with Crippen molar-refractivity contribution < 1.29 is 13.9 Å². The second kappa shape index (κ2) is 6.33. The van der Waals surface area contributed by atoms with E-state index < -0.39 is 5.82 Å². The van der Waals surface area contributed by atoms with E-state index in [9.17, 15) is 9.18 Å². The van der Waals surface area contributed by atoms with Gasteiger partial charge in [0, 0.05) is 17.1 Å². The topological polar surface area (TPSA) is 77.2 Å². The van der Waals surface area contributed by atoms with Crippen LogP contribution in [0, 0.1) is 5.82 Å². The maximum atomic E-state index is 13.6. The van der Waals surface area contributed by atoms with Gasteiger partial charge in [-0.25, -0.2) is 9.37 Å². The quantitative estimate of drug-likeness (QED) is 0.888. The summed E-state index contributed by atoms with van der Waals surface area (Å²) >= 11 is 1.27. The smallest absolute Gasteiger partial charge is 0.230 e. The van der Waals surface area contributed by atoms with Crippen molar-refractivity contribution in [1.29, 1.82) is 0 Å². The molecule has 0 unspecified atom stereocenters. The zero-order valence-corrected chi connectivity index (χ0v) is 11.7. The first-order chi connectivity index (χ1) is 9.58. The summed E-state index contributed by atoms with van der Waals surface area (Å²) in [6.45, 7) is 2.16. The number of amides is 1. The number of carbonyl (C=O) groups is 1. The van der Waals surface area contributed by atoms with Crippen LogP contribution in [0.2, 0.25) is 0 Å². The Balaban J connectivity index is 1.99.